The molecule has 0 saturated carbocycles. The molecule has 5 nitrogen and oxygen atoms in total. The number of benzene rings is 2. The lowest BCUT2D eigenvalue weighted by atomic mass is 9.87. The molecule has 1 aliphatic carbocycles. The minimum absolute atomic E-state index is 0.0756. The van der Waals surface area contributed by atoms with Gasteiger partial charge in [-0.05, 0) is 42.9 Å². The average molecular weight is 426 g/mol. The topological polar surface area (TPSA) is 67.6 Å². The summed E-state index contributed by atoms with van der Waals surface area (Å²) in [4.78, 5) is 15.5. The van der Waals surface area contributed by atoms with Crippen LogP contribution in [-0.2, 0) is 28.4 Å². The van der Waals surface area contributed by atoms with Crippen LogP contribution in [0, 0.1) is 0 Å². The maximum atomic E-state index is 13.7. The molecule has 0 radical (unpaired) electrons. The van der Waals surface area contributed by atoms with Crippen molar-refractivity contribution in [3.63, 3.8) is 0 Å². The fraction of sp³-hybridized carbons (Fsp3) is 0.375. The van der Waals surface area contributed by atoms with Gasteiger partial charge in [0.25, 0.3) is 5.91 Å². The van der Waals surface area contributed by atoms with Gasteiger partial charge in [-0.2, -0.15) is 0 Å². The van der Waals surface area contributed by atoms with E-state index >= 15 is 0 Å². The summed E-state index contributed by atoms with van der Waals surface area (Å²) in [6.45, 7) is 2.66. The van der Waals surface area contributed by atoms with E-state index in [1.54, 1.807) is 6.07 Å². The number of aryl methyl sites for hydroxylation is 1. The van der Waals surface area contributed by atoms with Crippen LogP contribution in [0.3, 0.4) is 0 Å². The van der Waals surface area contributed by atoms with E-state index < -0.39 is 9.84 Å². The number of hydrogen-bond donors (Lipinski definition) is 0. The van der Waals surface area contributed by atoms with Crippen LogP contribution in [0.15, 0.2) is 52.9 Å². The number of carbonyl (C=O) groups excluding carboxylic acids is 1. The highest BCUT2D eigenvalue weighted by molar-refractivity contribution is 7.89. The zero-order chi connectivity index (χ0) is 21.3. The number of rotatable bonds is 6. The number of para-hydroxylation sites is 1. The van der Waals surface area contributed by atoms with Crippen LogP contribution in [0.2, 0.25) is 0 Å². The molecule has 2 aromatic carbocycles. The van der Waals surface area contributed by atoms with Crippen molar-refractivity contribution >= 4 is 26.7 Å². The number of furan rings is 1. The first-order valence-corrected chi connectivity index (χ1v) is 12.5. The SMILES string of the molecule is CCCN(C(=O)c1oc2ccccc2c1CS(C)(=O)=O)C1CCc2ccccc2C1. The third-order valence-corrected chi connectivity index (χ3v) is 6.60. The summed E-state index contributed by atoms with van der Waals surface area (Å²) >= 11 is 0. The Hall–Kier alpha value is -2.60. The normalized spacial score (nSPS) is 16.4. The van der Waals surface area contributed by atoms with Crippen molar-refractivity contribution in [1.82, 2.24) is 4.90 Å². The van der Waals surface area contributed by atoms with E-state index in [9.17, 15) is 13.2 Å². The Kier molecular flexibility index (Phi) is 5.69. The highest BCUT2D eigenvalue weighted by Gasteiger charge is 2.32. The lowest BCUT2D eigenvalue weighted by molar-refractivity contribution is 0.0630. The van der Waals surface area contributed by atoms with E-state index in [4.69, 9.17) is 4.42 Å². The summed E-state index contributed by atoms with van der Waals surface area (Å²) in [6.07, 6.45) is 4.65. The van der Waals surface area contributed by atoms with E-state index in [0.29, 0.717) is 23.1 Å². The molecule has 0 bridgehead atoms. The van der Waals surface area contributed by atoms with E-state index in [1.165, 1.54) is 17.4 Å². The molecule has 0 spiro atoms. The van der Waals surface area contributed by atoms with Gasteiger partial charge in [0.2, 0.25) is 0 Å². The van der Waals surface area contributed by atoms with Gasteiger partial charge in [0.05, 0.1) is 5.75 Å². The zero-order valence-corrected chi connectivity index (χ0v) is 18.2. The number of amides is 1. The first-order chi connectivity index (χ1) is 14.4. The summed E-state index contributed by atoms with van der Waals surface area (Å²) in [5.74, 6) is -0.261. The van der Waals surface area contributed by atoms with Gasteiger partial charge in [0.1, 0.15) is 5.58 Å². The molecule has 30 heavy (non-hydrogen) atoms. The molecule has 0 N–H and O–H groups in total. The van der Waals surface area contributed by atoms with Gasteiger partial charge in [-0.1, -0.05) is 49.4 Å². The smallest absolute Gasteiger partial charge is 0.290 e. The van der Waals surface area contributed by atoms with Gasteiger partial charge in [-0.3, -0.25) is 4.79 Å². The Morgan fingerprint density at radius 2 is 1.80 bits per heavy atom. The highest BCUT2D eigenvalue weighted by atomic mass is 32.2. The molecule has 1 unspecified atom stereocenters. The van der Waals surface area contributed by atoms with Gasteiger partial charge in [-0.15, -0.1) is 0 Å². The van der Waals surface area contributed by atoms with Crippen LogP contribution < -0.4 is 0 Å². The van der Waals surface area contributed by atoms with Crippen molar-refractivity contribution in [1.29, 1.82) is 0 Å². The summed E-state index contributed by atoms with van der Waals surface area (Å²) in [6, 6.07) is 15.7. The molecule has 1 heterocycles. The molecule has 0 saturated heterocycles. The summed E-state index contributed by atoms with van der Waals surface area (Å²) in [7, 11) is -3.33. The first kappa shape index (κ1) is 20.7. The molecule has 1 aromatic heterocycles. The van der Waals surface area contributed by atoms with E-state index in [0.717, 1.165) is 25.7 Å². The second-order valence-electron chi connectivity index (χ2n) is 8.14. The van der Waals surface area contributed by atoms with Gasteiger partial charge in [0.15, 0.2) is 15.6 Å². The lowest BCUT2D eigenvalue weighted by Crippen LogP contribution is -2.44. The second-order valence-corrected chi connectivity index (χ2v) is 10.3. The molecule has 1 atom stereocenters. The van der Waals surface area contributed by atoms with Crippen molar-refractivity contribution in [3.05, 3.63) is 71.0 Å². The fourth-order valence-electron chi connectivity index (χ4n) is 4.44. The number of fused-ring (bicyclic) bond motifs is 2. The van der Waals surface area contributed by atoms with Gasteiger partial charge in [0, 0.05) is 29.8 Å². The van der Waals surface area contributed by atoms with Gasteiger partial charge < -0.3 is 9.32 Å². The Labute approximate surface area is 177 Å². The Balaban J connectivity index is 1.73. The second kappa shape index (κ2) is 8.26. The Morgan fingerprint density at radius 1 is 1.10 bits per heavy atom. The van der Waals surface area contributed by atoms with Crippen LogP contribution in [-0.4, -0.2) is 38.1 Å². The molecule has 158 valence electrons. The highest BCUT2D eigenvalue weighted by Crippen LogP contribution is 2.31. The third kappa shape index (κ3) is 4.15. The van der Waals surface area contributed by atoms with E-state index in [1.807, 2.05) is 36.1 Å². The van der Waals surface area contributed by atoms with Crippen molar-refractivity contribution < 1.29 is 17.6 Å². The van der Waals surface area contributed by atoms with Crippen LogP contribution in [0.25, 0.3) is 11.0 Å². The molecule has 4 rings (SSSR count). The minimum Gasteiger partial charge on any atom is -0.451 e. The standard InChI is InChI=1S/C24H27NO4S/c1-3-14-25(19-13-12-17-8-4-5-9-18(17)15-19)24(26)23-21(16-30(2,27)28)20-10-6-7-11-22(20)29-23/h4-11,19H,3,12-16H2,1-2H3. The molecule has 1 amide bonds. The molecule has 3 aromatic rings. The zero-order valence-electron chi connectivity index (χ0n) is 17.4. The van der Waals surface area contributed by atoms with E-state index in [2.05, 4.69) is 18.2 Å². The fourth-order valence-corrected chi connectivity index (χ4v) is 5.25. The maximum absolute atomic E-state index is 13.7. The Bertz CT molecular complexity index is 1180. The van der Waals surface area contributed by atoms with Crippen LogP contribution in [0.5, 0.6) is 0 Å². The summed E-state index contributed by atoms with van der Waals surface area (Å²) in [5.41, 5.74) is 3.64. The molecular formula is C24H27NO4S. The first-order valence-electron chi connectivity index (χ1n) is 10.4. The molecule has 0 fully saturated rings. The largest absolute Gasteiger partial charge is 0.451 e. The maximum Gasteiger partial charge on any atom is 0.290 e. The van der Waals surface area contributed by atoms with Gasteiger partial charge in [-0.25, -0.2) is 8.42 Å². The van der Waals surface area contributed by atoms with Crippen molar-refractivity contribution in [2.24, 2.45) is 0 Å². The monoisotopic (exact) mass is 425 g/mol. The average Bonchev–Trinajstić information content (AvgIpc) is 3.08. The Morgan fingerprint density at radius 3 is 2.53 bits per heavy atom. The van der Waals surface area contributed by atoms with E-state index in [-0.39, 0.29) is 23.5 Å². The van der Waals surface area contributed by atoms with Crippen LogP contribution >= 0.6 is 0 Å². The third-order valence-electron chi connectivity index (χ3n) is 5.79. The number of sulfone groups is 1. The van der Waals surface area contributed by atoms with Gasteiger partial charge >= 0.3 is 0 Å². The van der Waals surface area contributed by atoms with Crippen molar-refractivity contribution in [3.8, 4) is 0 Å². The minimum atomic E-state index is -3.33. The number of carbonyl (C=O) groups is 1. The number of nitrogens with zero attached hydrogens (tertiary/aromatic N) is 1. The summed E-state index contributed by atoms with van der Waals surface area (Å²) < 4.78 is 30.1. The molecule has 1 aliphatic rings. The molecular weight excluding hydrogens is 398 g/mol. The summed E-state index contributed by atoms with van der Waals surface area (Å²) in [5, 5.41) is 0.691. The van der Waals surface area contributed by atoms with Crippen LogP contribution in [0.1, 0.15) is 47.0 Å². The quantitative estimate of drug-likeness (QED) is 0.588. The molecule has 6 heteroatoms. The lowest BCUT2D eigenvalue weighted by Gasteiger charge is -2.35. The molecule has 0 aliphatic heterocycles. The predicted octanol–water partition coefficient (Wildman–Crippen LogP) is 4.39. The van der Waals surface area contributed by atoms with Crippen molar-refractivity contribution in [2.75, 3.05) is 12.8 Å². The van der Waals surface area contributed by atoms with Crippen molar-refractivity contribution in [2.45, 2.75) is 44.4 Å². The van der Waals surface area contributed by atoms with Crippen LogP contribution in [0.4, 0.5) is 0 Å². The predicted molar refractivity (Wildman–Crippen MR) is 118 cm³/mol. The number of hydrogen-bond acceptors (Lipinski definition) is 4.